The van der Waals surface area contributed by atoms with Crippen LogP contribution in [-0.4, -0.2) is 50.0 Å². The van der Waals surface area contributed by atoms with Crippen LogP contribution in [0.5, 0.6) is 0 Å². The topological polar surface area (TPSA) is 49.4 Å². The number of nitrogens with one attached hydrogen (secondary N) is 1. The Balaban J connectivity index is 1.31. The van der Waals surface area contributed by atoms with Crippen LogP contribution in [-0.2, 0) is 16.4 Å². The van der Waals surface area contributed by atoms with Crippen LogP contribution in [0.3, 0.4) is 0 Å². The summed E-state index contributed by atoms with van der Waals surface area (Å²) >= 11 is 0. The van der Waals surface area contributed by atoms with Crippen molar-refractivity contribution in [3.05, 3.63) is 35.9 Å². The highest BCUT2D eigenvalue weighted by molar-refractivity contribution is 7.92. The molecule has 0 amide bonds. The minimum Gasteiger partial charge on any atom is -0.312 e. The molecule has 0 bridgehead atoms. The number of hydrogen-bond acceptors (Lipinski definition) is 4. The third kappa shape index (κ3) is 3.39. The SMILES string of the molecule is O=S1(=O)CCC[C@@H]1CN[C@@H]1CC[C@@H]2CN(Cc3ccccc3)C[C@H]21. The summed E-state index contributed by atoms with van der Waals surface area (Å²) in [6, 6.07) is 11.2. The first kappa shape index (κ1) is 16.6. The summed E-state index contributed by atoms with van der Waals surface area (Å²) in [5, 5.41) is 3.49. The molecule has 1 N–H and O–H groups in total. The van der Waals surface area contributed by atoms with Crippen LogP contribution in [0.25, 0.3) is 0 Å². The molecule has 5 heteroatoms. The van der Waals surface area contributed by atoms with Gasteiger partial charge in [-0.3, -0.25) is 4.90 Å². The van der Waals surface area contributed by atoms with Crippen molar-refractivity contribution in [3.8, 4) is 0 Å². The summed E-state index contributed by atoms with van der Waals surface area (Å²) in [6.45, 7) is 4.04. The second kappa shape index (κ2) is 6.77. The molecule has 1 saturated carbocycles. The molecule has 2 saturated heterocycles. The van der Waals surface area contributed by atoms with Gasteiger partial charge in [0, 0.05) is 32.2 Å². The zero-order valence-electron chi connectivity index (χ0n) is 14.2. The van der Waals surface area contributed by atoms with Crippen molar-refractivity contribution in [2.24, 2.45) is 11.8 Å². The van der Waals surface area contributed by atoms with Gasteiger partial charge in [0.15, 0.2) is 9.84 Å². The highest BCUT2D eigenvalue weighted by Gasteiger charge is 2.43. The van der Waals surface area contributed by atoms with Crippen molar-refractivity contribution >= 4 is 9.84 Å². The zero-order valence-corrected chi connectivity index (χ0v) is 15.0. The first-order valence-electron chi connectivity index (χ1n) is 9.33. The molecule has 1 aromatic rings. The zero-order chi connectivity index (χ0) is 16.6. The summed E-state index contributed by atoms with van der Waals surface area (Å²) in [6.07, 6.45) is 4.18. The van der Waals surface area contributed by atoms with E-state index in [4.69, 9.17) is 0 Å². The predicted molar refractivity (Wildman–Crippen MR) is 96.5 cm³/mol. The van der Waals surface area contributed by atoms with Crippen LogP contribution in [0.1, 0.15) is 31.2 Å². The number of benzene rings is 1. The van der Waals surface area contributed by atoms with E-state index >= 15 is 0 Å². The van der Waals surface area contributed by atoms with Crippen molar-refractivity contribution in [2.75, 3.05) is 25.4 Å². The molecule has 1 aliphatic carbocycles. The summed E-state index contributed by atoms with van der Waals surface area (Å²) in [7, 11) is -2.83. The number of rotatable bonds is 5. The second-order valence-corrected chi connectivity index (χ2v) is 10.2. The maximum Gasteiger partial charge on any atom is 0.154 e. The molecule has 132 valence electrons. The van der Waals surface area contributed by atoms with Gasteiger partial charge in [0.05, 0.1) is 11.0 Å². The average Bonchev–Trinajstić information content (AvgIpc) is 3.21. The molecule has 0 radical (unpaired) electrons. The lowest BCUT2D eigenvalue weighted by molar-refractivity contribution is 0.289. The molecule has 1 aromatic carbocycles. The van der Waals surface area contributed by atoms with E-state index in [1.54, 1.807) is 0 Å². The average molecular weight is 349 g/mol. The highest BCUT2D eigenvalue weighted by Crippen LogP contribution is 2.38. The number of hydrogen-bond donors (Lipinski definition) is 1. The van der Waals surface area contributed by atoms with Gasteiger partial charge in [-0.15, -0.1) is 0 Å². The van der Waals surface area contributed by atoms with Gasteiger partial charge in [0.1, 0.15) is 0 Å². The van der Waals surface area contributed by atoms with Crippen LogP contribution >= 0.6 is 0 Å². The van der Waals surface area contributed by atoms with Crippen LogP contribution in [0.15, 0.2) is 30.3 Å². The quantitative estimate of drug-likeness (QED) is 0.885. The third-order valence-corrected chi connectivity index (χ3v) is 8.53. The fraction of sp³-hybridized carbons (Fsp3) is 0.684. The first-order chi connectivity index (χ1) is 11.6. The standard InChI is InChI=1S/C19H28N2O2S/c22-24(23)10-4-7-17(24)11-20-19-9-8-16-13-21(14-18(16)19)12-15-5-2-1-3-6-15/h1-3,5-6,16-20H,4,7-14H2/t16-,17-,18-,19-/m1/s1. The normalized spacial score (nSPS) is 35.3. The minimum atomic E-state index is -2.83. The van der Waals surface area contributed by atoms with E-state index in [0.717, 1.165) is 31.8 Å². The molecule has 4 atom stereocenters. The van der Waals surface area contributed by atoms with Crippen molar-refractivity contribution in [3.63, 3.8) is 0 Å². The van der Waals surface area contributed by atoms with Crippen LogP contribution < -0.4 is 5.32 Å². The third-order valence-electron chi connectivity index (χ3n) is 6.25. The van der Waals surface area contributed by atoms with Crippen LogP contribution in [0.4, 0.5) is 0 Å². The molecule has 4 nitrogen and oxygen atoms in total. The number of nitrogens with zero attached hydrogens (tertiary/aromatic N) is 1. The number of sulfone groups is 1. The maximum absolute atomic E-state index is 12.0. The van der Waals surface area contributed by atoms with Gasteiger partial charge in [-0.1, -0.05) is 30.3 Å². The fourth-order valence-corrected chi connectivity index (χ4v) is 6.73. The Kier molecular flexibility index (Phi) is 4.67. The smallest absolute Gasteiger partial charge is 0.154 e. The van der Waals surface area contributed by atoms with E-state index in [1.807, 2.05) is 0 Å². The number of fused-ring (bicyclic) bond motifs is 1. The maximum atomic E-state index is 12.0. The summed E-state index contributed by atoms with van der Waals surface area (Å²) in [4.78, 5) is 2.57. The lowest BCUT2D eigenvalue weighted by Gasteiger charge is -2.23. The van der Waals surface area contributed by atoms with Gasteiger partial charge in [-0.25, -0.2) is 8.42 Å². The molecule has 4 rings (SSSR count). The van der Waals surface area contributed by atoms with E-state index in [-0.39, 0.29) is 5.25 Å². The lowest BCUT2D eigenvalue weighted by atomic mass is 9.98. The van der Waals surface area contributed by atoms with Gasteiger partial charge in [0.2, 0.25) is 0 Å². The van der Waals surface area contributed by atoms with E-state index < -0.39 is 9.84 Å². The van der Waals surface area contributed by atoms with E-state index in [2.05, 4.69) is 40.5 Å². The molecule has 0 unspecified atom stereocenters. The molecular weight excluding hydrogens is 320 g/mol. The van der Waals surface area contributed by atoms with Gasteiger partial charge < -0.3 is 5.32 Å². The Morgan fingerprint density at radius 3 is 2.67 bits per heavy atom. The largest absolute Gasteiger partial charge is 0.312 e. The molecular formula is C19H28N2O2S. The van der Waals surface area contributed by atoms with Gasteiger partial charge in [0.25, 0.3) is 0 Å². The minimum absolute atomic E-state index is 0.140. The lowest BCUT2D eigenvalue weighted by Crippen LogP contribution is -2.41. The van der Waals surface area contributed by atoms with E-state index in [9.17, 15) is 8.42 Å². The van der Waals surface area contributed by atoms with Crippen LogP contribution in [0, 0.1) is 11.8 Å². The highest BCUT2D eigenvalue weighted by atomic mass is 32.2. The Morgan fingerprint density at radius 1 is 1.08 bits per heavy atom. The van der Waals surface area contributed by atoms with E-state index in [0.29, 0.717) is 24.3 Å². The van der Waals surface area contributed by atoms with Gasteiger partial charge in [-0.05, 0) is 43.1 Å². The van der Waals surface area contributed by atoms with Crippen molar-refractivity contribution < 1.29 is 8.42 Å². The Bertz CT molecular complexity index is 661. The Hall–Kier alpha value is -0.910. The molecule has 2 heterocycles. The first-order valence-corrected chi connectivity index (χ1v) is 11.0. The Labute approximate surface area is 145 Å². The predicted octanol–water partition coefficient (Wildman–Crippen LogP) is 2.06. The number of likely N-dealkylation sites (tertiary alicyclic amines) is 1. The fourth-order valence-electron chi connectivity index (χ4n) is 4.95. The van der Waals surface area contributed by atoms with Crippen molar-refractivity contribution in [2.45, 2.75) is 43.5 Å². The summed E-state index contributed by atoms with van der Waals surface area (Å²) in [5.41, 5.74) is 1.39. The summed E-state index contributed by atoms with van der Waals surface area (Å²) < 4.78 is 24.0. The molecule has 3 fully saturated rings. The van der Waals surface area contributed by atoms with Crippen molar-refractivity contribution in [1.82, 2.24) is 10.2 Å². The molecule has 0 spiro atoms. The molecule has 0 aromatic heterocycles. The van der Waals surface area contributed by atoms with Crippen molar-refractivity contribution in [1.29, 1.82) is 0 Å². The second-order valence-electron chi connectivity index (χ2n) is 7.83. The summed E-state index contributed by atoms with van der Waals surface area (Å²) in [5.74, 6) is 1.87. The van der Waals surface area contributed by atoms with Crippen LogP contribution in [0.2, 0.25) is 0 Å². The molecule has 24 heavy (non-hydrogen) atoms. The van der Waals surface area contributed by atoms with Gasteiger partial charge in [-0.2, -0.15) is 0 Å². The van der Waals surface area contributed by atoms with E-state index in [1.165, 1.54) is 24.9 Å². The van der Waals surface area contributed by atoms with Gasteiger partial charge >= 0.3 is 0 Å². The molecule has 3 aliphatic rings. The Morgan fingerprint density at radius 2 is 1.92 bits per heavy atom. The monoisotopic (exact) mass is 348 g/mol. The molecule has 2 aliphatic heterocycles.